The van der Waals surface area contributed by atoms with Crippen molar-refractivity contribution in [2.24, 2.45) is 0 Å². The maximum Gasteiger partial charge on any atom is 0.416 e. The summed E-state index contributed by atoms with van der Waals surface area (Å²) in [5, 5.41) is 2.75. The molecule has 4 aromatic rings. The molecule has 0 fully saturated rings. The van der Waals surface area contributed by atoms with Gasteiger partial charge in [-0.05, 0) is 47.5 Å². The molecule has 4 rings (SSSR count). The van der Waals surface area contributed by atoms with E-state index in [1.165, 1.54) is 6.07 Å². The fourth-order valence-electron chi connectivity index (χ4n) is 2.86. The first-order valence-electron chi connectivity index (χ1n) is 8.43. The van der Waals surface area contributed by atoms with Crippen LogP contribution in [0.25, 0.3) is 16.8 Å². The molecule has 0 aliphatic rings. The number of pyridine rings is 1. The Balaban J connectivity index is 1.64. The van der Waals surface area contributed by atoms with Crippen LogP contribution in [0.5, 0.6) is 0 Å². The number of amides is 1. The smallest absolute Gasteiger partial charge is 0.321 e. The number of carbonyl (C=O) groups excluding carboxylic acids is 1. The van der Waals surface area contributed by atoms with Gasteiger partial charge in [0.25, 0.3) is 5.91 Å². The maximum atomic E-state index is 12.9. The van der Waals surface area contributed by atoms with Crippen LogP contribution < -0.4 is 5.32 Å². The van der Waals surface area contributed by atoms with Crippen LogP contribution >= 0.6 is 0 Å². The first kappa shape index (κ1) is 17.8. The van der Waals surface area contributed by atoms with Crippen molar-refractivity contribution in [2.75, 3.05) is 5.32 Å². The van der Waals surface area contributed by atoms with Crippen LogP contribution in [0, 0.1) is 0 Å². The Hall–Kier alpha value is -3.61. The average molecular weight is 381 g/mol. The molecular weight excluding hydrogens is 367 g/mol. The molecule has 0 atom stereocenters. The topological polar surface area (TPSA) is 46.4 Å². The largest absolute Gasteiger partial charge is 0.416 e. The number of hydrogen-bond donors (Lipinski definition) is 1. The van der Waals surface area contributed by atoms with Crippen LogP contribution in [-0.2, 0) is 6.18 Å². The molecule has 0 saturated heterocycles. The molecule has 2 heterocycles. The predicted octanol–water partition coefficient (Wildman–Crippen LogP) is 5.27. The fraction of sp³-hybridized carbons (Fsp3) is 0.0476. The molecule has 0 aliphatic carbocycles. The van der Waals surface area contributed by atoms with Gasteiger partial charge < -0.3 is 9.72 Å². The first-order chi connectivity index (χ1) is 13.4. The number of halogens is 3. The molecule has 28 heavy (non-hydrogen) atoms. The zero-order chi connectivity index (χ0) is 19.7. The Morgan fingerprint density at radius 2 is 1.68 bits per heavy atom. The van der Waals surface area contributed by atoms with E-state index in [1.54, 1.807) is 59.3 Å². The number of aromatic nitrogens is 2. The Kier molecular flexibility index (Phi) is 4.35. The molecule has 0 aliphatic heterocycles. The molecule has 1 amide bonds. The van der Waals surface area contributed by atoms with Crippen molar-refractivity contribution in [1.29, 1.82) is 0 Å². The number of nitrogens with one attached hydrogen (secondary N) is 1. The highest BCUT2D eigenvalue weighted by Gasteiger charge is 2.30. The summed E-state index contributed by atoms with van der Waals surface area (Å²) >= 11 is 0. The van der Waals surface area contributed by atoms with Crippen molar-refractivity contribution < 1.29 is 18.0 Å². The van der Waals surface area contributed by atoms with Gasteiger partial charge >= 0.3 is 6.18 Å². The highest BCUT2D eigenvalue weighted by Crippen LogP contribution is 2.32. The fourth-order valence-corrected chi connectivity index (χ4v) is 2.86. The Morgan fingerprint density at radius 3 is 2.43 bits per heavy atom. The third kappa shape index (κ3) is 3.59. The number of fused-ring (bicyclic) bond motifs is 1. The van der Waals surface area contributed by atoms with Crippen LogP contribution in [0.1, 0.15) is 16.1 Å². The van der Waals surface area contributed by atoms with E-state index in [1.807, 2.05) is 6.07 Å². The molecule has 0 saturated carbocycles. The standard InChI is InChI=1S/C21H14F3N3O/c22-21(23,24)16-6-4-5-14(11-16)15-9-10-19-26-18(13-27(19)12-15)20(28)25-17-7-2-1-3-8-17/h1-13H,(H,25,28). The van der Waals surface area contributed by atoms with Gasteiger partial charge in [0.15, 0.2) is 0 Å². The van der Waals surface area contributed by atoms with E-state index in [0.717, 1.165) is 12.1 Å². The van der Waals surface area contributed by atoms with Crippen molar-refractivity contribution in [1.82, 2.24) is 9.38 Å². The summed E-state index contributed by atoms with van der Waals surface area (Å²) in [6.07, 6.45) is -1.21. The number of alkyl halides is 3. The summed E-state index contributed by atoms with van der Waals surface area (Å²) in [5.74, 6) is -0.365. The van der Waals surface area contributed by atoms with Crippen molar-refractivity contribution in [3.05, 3.63) is 90.4 Å². The molecule has 1 N–H and O–H groups in total. The molecule has 0 unspecified atom stereocenters. The summed E-state index contributed by atoms with van der Waals surface area (Å²) < 4.78 is 40.5. The number of anilines is 1. The molecule has 0 radical (unpaired) electrons. The van der Waals surface area contributed by atoms with Gasteiger partial charge in [0.05, 0.1) is 5.56 Å². The predicted molar refractivity (Wildman–Crippen MR) is 100 cm³/mol. The number of para-hydroxylation sites is 1. The first-order valence-corrected chi connectivity index (χ1v) is 8.43. The van der Waals surface area contributed by atoms with Crippen LogP contribution in [0.4, 0.5) is 18.9 Å². The van der Waals surface area contributed by atoms with E-state index < -0.39 is 11.7 Å². The second-order valence-electron chi connectivity index (χ2n) is 6.21. The minimum absolute atomic E-state index is 0.213. The normalized spacial score (nSPS) is 11.5. The SMILES string of the molecule is O=C(Nc1ccccc1)c1cn2cc(-c3cccc(C(F)(F)F)c3)ccc2n1. The van der Waals surface area contributed by atoms with Crippen molar-refractivity contribution in [3.63, 3.8) is 0 Å². The Morgan fingerprint density at radius 1 is 0.893 bits per heavy atom. The van der Waals surface area contributed by atoms with Gasteiger partial charge in [0, 0.05) is 18.1 Å². The quantitative estimate of drug-likeness (QED) is 0.525. The lowest BCUT2D eigenvalue weighted by atomic mass is 10.0. The summed E-state index contributed by atoms with van der Waals surface area (Å²) in [5.41, 5.74) is 1.69. The van der Waals surface area contributed by atoms with Crippen molar-refractivity contribution in [3.8, 4) is 11.1 Å². The lowest BCUT2D eigenvalue weighted by Gasteiger charge is -2.09. The van der Waals surface area contributed by atoms with Gasteiger partial charge in [0.1, 0.15) is 11.3 Å². The van der Waals surface area contributed by atoms with Crippen molar-refractivity contribution >= 4 is 17.2 Å². The number of rotatable bonds is 3. The van der Waals surface area contributed by atoms with E-state index in [9.17, 15) is 18.0 Å². The highest BCUT2D eigenvalue weighted by molar-refractivity contribution is 6.03. The maximum absolute atomic E-state index is 12.9. The molecular formula is C21H14F3N3O. The summed E-state index contributed by atoms with van der Waals surface area (Å²) in [4.78, 5) is 16.7. The van der Waals surface area contributed by atoms with E-state index >= 15 is 0 Å². The zero-order valence-electron chi connectivity index (χ0n) is 14.4. The number of benzene rings is 2. The third-order valence-corrected chi connectivity index (χ3v) is 4.24. The summed E-state index contributed by atoms with van der Waals surface area (Å²) in [6, 6.07) is 17.4. The molecule has 0 spiro atoms. The zero-order valence-corrected chi connectivity index (χ0v) is 14.4. The molecule has 140 valence electrons. The lowest BCUT2D eigenvalue weighted by molar-refractivity contribution is -0.137. The average Bonchev–Trinajstić information content (AvgIpc) is 3.12. The number of hydrogen-bond acceptors (Lipinski definition) is 2. The second kappa shape index (κ2) is 6.84. The van der Waals surface area contributed by atoms with Gasteiger partial charge in [-0.1, -0.05) is 30.3 Å². The van der Waals surface area contributed by atoms with E-state index in [4.69, 9.17) is 0 Å². The molecule has 0 bridgehead atoms. The second-order valence-corrected chi connectivity index (χ2v) is 6.21. The van der Waals surface area contributed by atoms with Gasteiger partial charge in [0.2, 0.25) is 0 Å². The lowest BCUT2D eigenvalue weighted by Crippen LogP contribution is -2.11. The minimum atomic E-state index is -4.40. The van der Waals surface area contributed by atoms with E-state index in [-0.39, 0.29) is 11.6 Å². The minimum Gasteiger partial charge on any atom is -0.321 e. The number of imidazole rings is 1. The Bertz CT molecular complexity index is 1150. The third-order valence-electron chi connectivity index (χ3n) is 4.24. The molecule has 4 nitrogen and oxygen atoms in total. The summed E-state index contributed by atoms with van der Waals surface area (Å²) in [6.45, 7) is 0. The van der Waals surface area contributed by atoms with Gasteiger partial charge in [-0.15, -0.1) is 0 Å². The monoisotopic (exact) mass is 381 g/mol. The van der Waals surface area contributed by atoms with Gasteiger partial charge in [-0.2, -0.15) is 13.2 Å². The van der Waals surface area contributed by atoms with Gasteiger partial charge in [-0.3, -0.25) is 4.79 Å². The van der Waals surface area contributed by atoms with Crippen LogP contribution in [0.2, 0.25) is 0 Å². The van der Waals surface area contributed by atoms with Crippen LogP contribution in [-0.4, -0.2) is 15.3 Å². The van der Waals surface area contributed by atoms with E-state index in [2.05, 4.69) is 10.3 Å². The van der Waals surface area contributed by atoms with Crippen molar-refractivity contribution in [2.45, 2.75) is 6.18 Å². The molecule has 7 heteroatoms. The highest BCUT2D eigenvalue weighted by atomic mass is 19.4. The number of carbonyl (C=O) groups is 1. The van der Waals surface area contributed by atoms with Gasteiger partial charge in [-0.25, -0.2) is 4.98 Å². The molecule has 2 aromatic carbocycles. The van der Waals surface area contributed by atoms with Crippen LogP contribution in [0.3, 0.4) is 0 Å². The molecule has 2 aromatic heterocycles. The van der Waals surface area contributed by atoms with Crippen LogP contribution in [0.15, 0.2) is 79.1 Å². The van der Waals surface area contributed by atoms with E-state index in [0.29, 0.717) is 22.5 Å². The Labute approximate surface area is 158 Å². The number of nitrogens with zero attached hydrogens (tertiary/aromatic N) is 2. The summed E-state index contributed by atoms with van der Waals surface area (Å²) in [7, 11) is 0.